The molecule has 0 unspecified atom stereocenters. The third-order valence-corrected chi connectivity index (χ3v) is 1.52. The molecular formula is C8H18N10. The Hall–Kier alpha value is -2.54. The zero-order valence-corrected chi connectivity index (χ0v) is 9.93. The summed E-state index contributed by atoms with van der Waals surface area (Å²) in [5.74, 6) is 0.300. The number of nitrogens with zero attached hydrogens (tertiary/aromatic N) is 4. The van der Waals surface area contributed by atoms with E-state index in [4.69, 9.17) is 28.2 Å². The highest BCUT2D eigenvalue weighted by Gasteiger charge is 1.94. The number of hydrogen-bond acceptors (Lipinski definition) is 5. The SMILES string of the molecule is N#CNC(N)=NCCN=C(N)NC(N)=NCCN. The number of aliphatic imine (C=N–C) groups is 3. The third-order valence-electron chi connectivity index (χ3n) is 1.52. The summed E-state index contributed by atoms with van der Waals surface area (Å²) in [5, 5.41) is 13.0. The van der Waals surface area contributed by atoms with Gasteiger partial charge in [0.15, 0.2) is 18.1 Å². The van der Waals surface area contributed by atoms with E-state index in [9.17, 15) is 0 Å². The van der Waals surface area contributed by atoms with Crippen molar-refractivity contribution >= 4 is 17.9 Å². The topological polar surface area (TPSA) is 189 Å². The fourth-order valence-corrected chi connectivity index (χ4v) is 0.833. The minimum absolute atomic E-state index is 0.0308. The monoisotopic (exact) mass is 254 g/mol. The van der Waals surface area contributed by atoms with Gasteiger partial charge in [-0.3, -0.25) is 25.6 Å². The number of nitrogens with two attached hydrogens (primary N) is 4. The summed E-state index contributed by atoms with van der Waals surface area (Å²) < 4.78 is 0. The first-order valence-corrected chi connectivity index (χ1v) is 5.12. The predicted molar refractivity (Wildman–Crippen MR) is 70.4 cm³/mol. The molecule has 0 saturated heterocycles. The van der Waals surface area contributed by atoms with Crippen molar-refractivity contribution in [1.82, 2.24) is 10.6 Å². The van der Waals surface area contributed by atoms with E-state index in [1.54, 1.807) is 6.19 Å². The summed E-state index contributed by atoms with van der Waals surface area (Å²) in [4.78, 5) is 11.6. The van der Waals surface area contributed by atoms with Crippen molar-refractivity contribution in [3.63, 3.8) is 0 Å². The van der Waals surface area contributed by atoms with Crippen LogP contribution < -0.4 is 33.6 Å². The van der Waals surface area contributed by atoms with Crippen LogP contribution in [0.15, 0.2) is 15.0 Å². The average Bonchev–Trinajstić information content (AvgIpc) is 2.32. The normalized spacial score (nSPS) is 13.0. The number of nitrogens with one attached hydrogen (secondary N) is 2. The lowest BCUT2D eigenvalue weighted by atomic mass is 10.6. The molecule has 0 spiro atoms. The van der Waals surface area contributed by atoms with Crippen molar-refractivity contribution in [2.24, 2.45) is 37.9 Å². The van der Waals surface area contributed by atoms with E-state index in [0.29, 0.717) is 26.2 Å². The molecular weight excluding hydrogens is 236 g/mol. The fourth-order valence-electron chi connectivity index (χ4n) is 0.833. The Labute approximate surface area is 105 Å². The van der Waals surface area contributed by atoms with Crippen LogP contribution in [-0.2, 0) is 0 Å². The number of guanidine groups is 3. The summed E-state index contributed by atoms with van der Waals surface area (Å²) in [6, 6.07) is 0. The Morgan fingerprint density at radius 2 is 1.44 bits per heavy atom. The minimum Gasteiger partial charge on any atom is -0.370 e. The Kier molecular flexibility index (Phi) is 8.30. The van der Waals surface area contributed by atoms with Gasteiger partial charge in [-0.1, -0.05) is 0 Å². The lowest BCUT2D eigenvalue weighted by Gasteiger charge is -2.03. The number of hydrogen-bond donors (Lipinski definition) is 6. The minimum atomic E-state index is 0.0308. The summed E-state index contributed by atoms with van der Waals surface area (Å²) in [5.41, 5.74) is 21.6. The van der Waals surface area contributed by atoms with Gasteiger partial charge < -0.3 is 22.9 Å². The molecule has 0 heterocycles. The summed E-state index contributed by atoms with van der Waals surface area (Å²) in [6.45, 7) is 1.41. The van der Waals surface area contributed by atoms with Crippen LogP contribution in [0.25, 0.3) is 0 Å². The maximum Gasteiger partial charge on any atom is 0.202 e. The van der Waals surface area contributed by atoms with Crippen LogP contribution in [0.2, 0.25) is 0 Å². The Morgan fingerprint density at radius 1 is 0.944 bits per heavy atom. The second kappa shape index (κ2) is 9.67. The highest BCUT2D eigenvalue weighted by atomic mass is 15.2. The van der Waals surface area contributed by atoms with Crippen LogP contribution in [0, 0.1) is 11.5 Å². The van der Waals surface area contributed by atoms with Crippen molar-refractivity contribution in [3.05, 3.63) is 0 Å². The Balaban J connectivity index is 3.99. The van der Waals surface area contributed by atoms with Crippen LogP contribution in [-0.4, -0.2) is 44.1 Å². The van der Waals surface area contributed by atoms with Gasteiger partial charge in [0.2, 0.25) is 5.96 Å². The quantitative estimate of drug-likeness (QED) is 0.0965. The Bertz CT molecular complexity index is 363. The highest BCUT2D eigenvalue weighted by Crippen LogP contribution is 1.75. The molecule has 0 bridgehead atoms. The molecule has 0 rings (SSSR count). The summed E-state index contributed by atoms with van der Waals surface area (Å²) >= 11 is 0. The van der Waals surface area contributed by atoms with E-state index < -0.39 is 0 Å². The van der Waals surface area contributed by atoms with Crippen molar-refractivity contribution in [2.75, 3.05) is 26.2 Å². The average molecular weight is 254 g/mol. The smallest absolute Gasteiger partial charge is 0.202 e. The third kappa shape index (κ3) is 8.74. The van der Waals surface area contributed by atoms with Gasteiger partial charge >= 0.3 is 0 Å². The molecule has 0 aliphatic heterocycles. The van der Waals surface area contributed by atoms with E-state index in [2.05, 4.69) is 25.6 Å². The van der Waals surface area contributed by atoms with Gasteiger partial charge in [-0.25, -0.2) is 0 Å². The largest absolute Gasteiger partial charge is 0.370 e. The predicted octanol–water partition coefficient (Wildman–Crippen LogP) is -3.45. The van der Waals surface area contributed by atoms with Gasteiger partial charge in [0.05, 0.1) is 19.6 Å². The maximum atomic E-state index is 8.24. The van der Waals surface area contributed by atoms with Gasteiger partial charge in [0.1, 0.15) is 0 Å². The first-order chi connectivity index (χ1) is 8.60. The first kappa shape index (κ1) is 15.5. The molecule has 0 aromatic heterocycles. The molecule has 0 saturated carbocycles. The van der Waals surface area contributed by atoms with Crippen LogP contribution in [0.4, 0.5) is 0 Å². The van der Waals surface area contributed by atoms with Gasteiger partial charge in [-0.2, -0.15) is 5.26 Å². The van der Waals surface area contributed by atoms with Crippen molar-refractivity contribution in [2.45, 2.75) is 0 Å². The fraction of sp³-hybridized carbons (Fsp3) is 0.500. The summed E-state index contributed by atoms with van der Waals surface area (Å²) in [7, 11) is 0. The Morgan fingerprint density at radius 3 is 1.94 bits per heavy atom. The molecule has 0 atom stereocenters. The lowest BCUT2D eigenvalue weighted by Crippen LogP contribution is -2.42. The molecule has 10 nitrogen and oxygen atoms in total. The standard InChI is InChI=1S/C8H18N10/c9-1-2-14-7(12)18-8(13)16-4-3-15-6(11)17-5-10/h1-4,9H2,(H3,11,15,17)(H5,12,13,14,16,18). The van der Waals surface area contributed by atoms with E-state index in [1.807, 2.05) is 0 Å². The second-order valence-corrected chi connectivity index (χ2v) is 2.95. The van der Waals surface area contributed by atoms with Gasteiger partial charge in [0.25, 0.3) is 0 Å². The van der Waals surface area contributed by atoms with Gasteiger partial charge in [-0.05, 0) is 0 Å². The molecule has 0 aliphatic rings. The first-order valence-electron chi connectivity index (χ1n) is 5.12. The van der Waals surface area contributed by atoms with Crippen molar-refractivity contribution in [1.29, 1.82) is 5.26 Å². The molecule has 10 N–H and O–H groups in total. The van der Waals surface area contributed by atoms with Crippen LogP contribution in [0.5, 0.6) is 0 Å². The van der Waals surface area contributed by atoms with Crippen LogP contribution >= 0.6 is 0 Å². The zero-order chi connectivity index (χ0) is 13.8. The molecule has 0 aliphatic carbocycles. The molecule has 0 fully saturated rings. The molecule has 10 heteroatoms. The number of nitriles is 1. The molecule has 0 amide bonds. The molecule has 0 radical (unpaired) electrons. The van der Waals surface area contributed by atoms with Crippen LogP contribution in [0.1, 0.15) is 0 Å². The van der Waals surface area contributed by atoms with Crippen LogP contribution in [0.3, 0.4) is 0 Å². The van der Waals surface area contributed by atoms with E-state index in [-0.39, 0.29) is 17.9 Å². The molecule has 100 valence electrons. The van der Waals surface area contributed by atoms with Gasteiger partial charge in [0, 0.05) is 6.54 Å². The molecule has 0 aromatic carbocycles. The van der Waals surface area contributed by atoms with E-state index in [0.717, 1.165) is 0 Å². The highest BCUT2D eigenvalue weighted by molar-refractivity contribution is 5.97. The maximum absolute atomic E-state index is 8.24. The number of rotatable bonds is 5. The summed E-state index contributed by atoms with van der Waals surface area (Å²) in [6.07, 6.45) is 1.64. The lowest BCUT2D eigenvalue weighted by molar-refractivity contribution is 0.942. The molecule has 18 heavy (non-hydrogen) atoms. The van der Waals surface area contributed by atoms with Gasteiger partial charge in [-0.15, -0.1) is 0 Å². The zero-order valence-electron chi connectivity index (χ0n) is 9.93. The second-order valence-electron chi connectivity index (χ2n) is 2.95. The molecule has 0 aromatic rings. The van der Waals surface area contributed by atoms with E-state index in [1.165, 1.54) is 0 Å². The van der Waals surface area contributed by atoms with Crippen molar-refractivity contribution in [3.8, 4) is 6.19 Å². The van der Waals surface area contributed by atoms with E-state index >= 15 is 0 Å². The van der Waals surface area contributed by atoms with Crippen molar-refractivity contribution < 1.29 is 0 Å².